The zero-order chi connectivity index (χ0) is 94.6. The fourth-order valence-corrected chi connectivity index (χ4v) is 8.74. The van der Waals surface area contributed by atoms with Crippen molar-refractivity contribution in [1.82, 2.24) is 83.7 Å². The van der Waals surface area contributed by atoms with Crippen LogP contribution in [0, 0.1) is 23.4 Å². The quantitative estimate of drug-likeness (QED) is 0.0164. The highest BCUT2D eigenvalue weighted by atomic mass is 18.2. The van der Waals surface area contributed by atoms with Gasteiger partial charge in [-0.3, -0.25) is 43.3 Å². The molecule has 12 amide bonds. The molecule has 20 N–H and O–H groups in total. The number of urea groups is 4. The minimum absolute atomic E-state index is 0.00535. The topological polar surface area (TPSA) is 767 Å². The van der Waals surface area contributed by atoms with Crippen molar-refractivity contribution in [3.05, 3.63) is 119 Å². The Balaban J connectivity index is -0.000000740. The monoisotopic (exact) mass is 1760 g/mol. The second-order valence-electron chi connectivity index (χ2n) is 23.9. The van der Waals surface area contributed by atoms with Crippen LogP contribution in [0.3, 0.4) is 0 Å². The van der Waals surface area contributed by atoms with Gasteiger partial charge in [-0.25, -0.2) is 66.5 Å². The molecule has 0 fully saturated rings. The SMILES string of the molecule is O=C(O)CC[C@H](NC(=O)NCCCCCNC(=O)c1cc([18F])ccn1)C(=O)O.O=C(O)CC[C@H](NC(=O)NCCCCCNC(=O)c1ccc([18F])cn1)C(=O)O.O=C(O)CC[C@H](NC(=O)NCCCCCNC(=O)c1cccc([18F])n1)C(=O)O.O=C(O)CC[C@H](NC(=O)NCCCCCNC(=O)c1ncccc1[18F])C(=O)O.O=C=O.O=C=O.O=C=O.O=C=O. The summed E-state index contributed by atoms with van der Waals surface area (Å²) in [4.78, 5) is 259. The summed E-state index contributed by atoms with van der Waals surface area (Å²) in [7, 11) is 0. The van der Waals surface area contributed by atoms with Crippen LogP contribution in [-0.4, -0.2) is 257 Å². The molecule has 4 heterocycles. The Morgan fingerprint density at radius 1 is 0.315 bits per heavy atom. The highest BCUT2D eigenvalue weighted by Gasteiger charge is 2.25. The number of carbonyl (C=O) groups is 16. The molecule has 4 atom stereocenters. The highest BCUT2D eigenvalue weighted by Crippen LogP contribution is 2.08. The molecule has 0 aliphatic carbocycles. The van der Waals surface area contributed by atoms with Crippen LogP contribution in [0.5, 0.6) is 0 Å². The van der Waals surface area contributed by atoms with Gasteiger partial charge in [0.15, 0.2) is 11.5 Å². The third kappa shape index (κ3) is 66.6. The van der Waals surface area contributed by atoms with Gasteiger partial charge in [-0.2, -0.15) is 42.7 Å². The number of hydrogen-bond donors (Lipinski definition) is 20. The predicted molar refractivity (Wildman–Crippen MR) is 401 cm³/mol. The summed E-state index contributed by atoms with van der Waals surface area (Å²) < 4.78 is 52.1. The first-order chi connectivity index (χ1) is 58.8. The largest absolute Gasteiger partial charge is 0.481 e. The molecule has 0 spiro atoms. The number of nitrogens with zero attached hydrogens (tertiary/aromatic N) is 4. The van der Waals surface area contributed by atoms with E-state index in [9.17, 15) is 94.3 Å². The van der Waals surface area contributed by atoms with Gasteiger partial charge in [-0.1, -0.05) is 6.07 Å². The van der Waals surface area contributed by atoms with Crippen molar-refractivity contribution in [3.63, 3.8) is 0 Å². The van der Waals surface area contributed by atoms with Gasteiger partial charge in [-0.15, -0.1) is 0 Å². The van der Waals surface area contributed by atoms with Gasteiger partial charge in [0.25, 0.3) is 23.6 Å². The standard InChI is InChI=1S/4C17H23FN4O6.4CO2/c18-11-4-5-12(21-10-11)15(25)19-8-2-1-3-9-20-17(28)22-13(16(26)27)6-7-14(23)24;18-11-5-4-10-19-14(11)15(25)20-8-2-1-3-9-21-17(28)22-12(16(26)27)6-7-13(23)24;18-11-6-9-19-13(10-11)15(25)20-7-2-1-3-8-21-17(28)22-12(16(26)27)4-5-14(23)24;18-13-6-4-5-11(21-13)15(25)19-9-2-1-3-10-20-17(28)22-12(16(26)27)7-8-14(23)24;4*2-1-3/h4-5,10,13H,1-3,6-9H2,(H,19,25)(H,23,24)(H,26,27)(H2,20,22,28);4-5,10,12H,1-3,6-9H2,(H,20,25)(H,23,24)(H,26,27)(H2,21,22,28);6,9-10,12H,1-5,7-8H2,(H,20,25)(H,23,24)(H,26,27)(H2,21,22,28);4-6,12H,1-3,7-10H2,(H,19,25)(H,23,24)(H,26,27)(H2,20,22,28);;;;/t13-;3*12-;;;;/m0000..../s1/i4*18-1;;;;. The molecule has 52 heteroatoms. The second kappa shape index (κ2) is 73.9. The smallest absolute Gasteiger partial charge is 0.373 e. The van der Waals surface area contributed by atoms with Crippen LogP contribution in [-0.2, 0) is 76.7 Å². The lowest BCUT2D eigenvalue weighted by Gasteiger charge is -2.14. The molecule has 0 saturated heterocycles. The summed E-state index contributed by atoms with van der Waals surface area (Å²) >= 11 is 0. The van der Waals surface area contributed by atoms with Crippen molar-refractivity contribution in [1.29, 1.82) is 0 Å². The molecular weight excluding hydrogens is 1670 g/mol. The van der Waals surface area contributed by atoms with Gasteiger partial charge in [0, 0.05) is 96.5 Å². The van der Waals surface area contributed by atoms with E-state index in [0.717, 1.165) is 36.5 Å². The van der Waals surface area contributed by atoms with Crippen LogP contribution in [0.25, 0.3) is 0 Å². The summed E-state index contributed by atoms with van der Waals surface area (Å²) in [6, 6.07) is 3.23. The number of unbranched alkanes of at least 4 members (excludes halogenated alkanes) is 8. The van der Waals surface area contributed by atoms with Crippen LogP contribution < -0.4 is 63.8 Å². The number of aliphatic carboxylic acids is 8. The van der Waals surface area contributed by atoms with Crippen molar-refractivity contribution >= 4 is 120 Å². The number of rotatable bonds is 48. The number of carbonyl (C=O) groups excluding carboxylic acids is 16. The van der Waals surface area contributed by atoms with Gasteiger partial charge in [0.1, 0.15) is 52.9 Å². The Labute approximate surface area is 699 Å². The molecule has 0 bridgehead atoms. The van der Waals surface area contributed by atoms with Crippen molar-refractivity contribution in [2.45, 2.75) is 153 Å². The molecule has 4 aromatic rings. The van der Waals surface area contributed by atoms with Crippen LogP contribution in [0.2, 0.25) is 0 Å². The molecule has 0 aromatic carbocycles. The Morgan fingerprint density at radius 3 is 0.903 bits per heavy atom. The van der Waals surface area contributed by atoms with Crippen LogP contribution in [0.1, 0.15) is 170 Å². The molecular formula is C72H92F4N16O32. The van der Waals surface area contributed by atoms with Gasteiger partial charge in [-0.05, 0) is 145 Å². The molecule has 680 valence electrons. The zero-order valence-corrected chi connectivity index (χ0v) is 65.7. The molecule has 4 rings (SSSR count). The number of amides is 12. The van der Waals surface area contributed by atoms with Crippen LogP contribution in [0.15, 0.2) is 73.2 Å². The Bertz CT molecular complexity index is 3990. The number of nitrogens with one attached hydrogen (secondary N) is 12. The lowest BCUT2D eigenvalue weighted by Crippen LogP contribution is -2.46. The molecule has 48 nitrogen and oxygen atoms in total. The summed E-state index contributed by atoms with van der Waals surface area (Å²) in [5, 5.41) is 99.2. The molecule has 0 aliphatic heterocycles. The average Bonchev–Trinajstić information content (AvgIpc) is 0.881. The van der Waals surface area contributed by atoms with Gasteiger partial charge < -0.3 is 105 Å². The number of hydrogen-bond acceptors (Lipinski definition) is 28. The van der Waals surface area contributed by atoms with Crippen molar-refractivity contribution in [3.8, 4) is 0 Å². The molecule has 0 radical (unpaired) electrons. The lowest BCUT2D eigenvalue weighted by atomic mass is 10.1. The van der Waals surface area contributed by atoms with Crippen molar-refractivity contribution < 1.29 is 173 Å². The first-order valence-electron chi connectivity index (χ1n) is 36.4. The Morgan fingerprint density at radius 2 is 0.621 bits per heavy atom. The first kappa shape index (κ1) is 115. The predicted octanol–water partition coefficient (Wildman–Crippen LogP) is 0.618. The Hall–Kier alpha value is -15.4. The summed E-state index contributed by atoms with van der Waals surface area (Å²) in [5.41, 5.74) is -0.157. The number of carboxylic acids is 8. The van der Waals surface area contributed by atoms with E-state index < -0.39 is 143 Å². The van der Waals surface area contributed by atoms with E-state index in [0.29, 0.717) is 110 Å². The average molecular weight is 1770 g/mol. The minimum Gasteiger partial charge on any atom is -0.481 e. The second-order valence-corrected chi connectivity index (χ2v) is 23.9. The van der Waals surface area contributed by atoms with E-state index in [1.807, 2.05) is 0 Å². The normalized spacial score (nSPS) is 10.5. The van der Waals surface area contributed by atoms with Crippen molar-refractivity contribution in [2.24, 2.45) is 0 Å². The molecule has 124 heavy (non-hydrogen) atoms. The maximum Gasteiger partial charge on any atom is 0.373 e. The van der Waals surface area contributed by atoms with Crippen LogP contribution in [0.4, 0.5) is 36.7 Å². The minimum atomic E-state index is -1.31. The van der Waals surface area contributed by atoms with E-state index in [-0.39, 0.29) is 118 Å². The van der Waals surface area contributed by atoms with Gasteiger partial charge in [0.05, 0.1) is 6.20 Å². The molecule has 0 unspecified atom stereocenters. The zero-order valence-electron chi connectivity index (χ0n) is 65.7. The third-order valence-corrected chi connectivity index (χ3v) is 14.5. The number of pyridine rings is 4. The van der Waals surface area contributed by atoms with E-state index in [1.54, 1.807) is 0 Å². The number of halogens is 4. The van der Waals surface area contributed by atoms with E-state index >= 15 is 0 Å². The first-order valence-corrected chi connectivity index (χ1v) is 36.4. The lowest BCUT2D eigenvalue weighted by molar-refractivity contribution is -0.193. The highest BCUT2D eigenvalue weighted by molar-refractivity contribution is 5.94. The summed E-state index contributed by atoms with van der Waals surface area (Å²) in [6.45, 7) is 2.58. The van der Waals surface area contributed by atoms with Crippen LogP contribution >= 0.6 is 0 Å². The van der Waals surface area contributed by atoms with E-state index in [4.69, 9.17) is 79.2 Å². The molecule has 0 saturated carbocycles. The number of aromatic nitrogens is 4. The van der Waals surface area contributed by atoms with Gasteiger partial charge in [0.2, 0.25) is 5.95 Å². The third-order valence-electron chi connectivity index (χ3n) is 14.5. The summed E-state index contributed by atoms with van der Waals surface area (Å²) in [6.07, 6.45) is 9.75. The van der Waals surface area contributed by atoms with E-state index in [2.05, 4.69) is 83.7 Å². The Kier molecular flexibility index (Phi) is 68.5. The molecule has 4 aromatic heterocycles. The summed E-state index contributed by atoms with van der Waals surface area (Å²) in [5.74, 6) is -14.2. The molecule has 0 aliphatic rings. The fourth-order valence-electron chi connectivity index (χ4n) is 8.74. The maximum atomic E-state index is 13.4. The number of carboxylic acid groups (broad SMARTS) is 8. The van der Waals surface area contributed by atoms with E-state index in [1.165, 1.54) is 36.7 Å². The van der Waals surface area contributed by atoms with Gasteiger partial charge >= 0.3 is 96.5 Å². The maximum absolute atomic E-state index is 13.4. The fraction of sp³-hybridized carbons (Fsp3) is 0.444. The van der Waals surface area contributed by atoms with Crippen molar-refractivity contribution in [2.75, 3.05) is 52.4 Å².